The Bertz CT molecular complexity index is 687. The van der Waals surface area contributed by atoms with Crippen LogP contribution in [0.15, 0.2) is 24.3 Å². The first-order valence-electron chi connectivity index (χ1n) is 9.87. The maximum absolute atomic E-state index is 12.4. The Hall–Kier alpha value is -2.08. The van der Waals surface area contributed by atoms with Crippen molar-refractivity contribution < 1.29 is 19.1 Å². The Morgan fingerprint density at radius 3 is 2.46 bits per heavy atom. The zero-order valence-electron chi connectivity index (χ0n) is 16.5. The van der Waals surface area contributed by atoms with E-state index in [1.165, 1.54) is 19.3 Å². The van der Waals surface area contributed by atoms with Gasteiger partial charge in [-0.15, -0.1) is 0 Å². The van der Waals surface area contributed by atoms with E-state index in [-0.39, 0.29) is 24.0 Å². The largest absolute Gasteiger partial charge is 0.454 e. The minimum absolute atomic E-state index is 0.204. The first-order valence-corrected chi connectivity index (χ1v) is 10.2. The highest BCUT2D eigenvalue weighted by molar-refractivity contribution is 6.33. The number of rotatable bonds is 8. The van der Waals surface area contributed by atoms with Crippen molar-refractivity contribution >= 4 is 29.4 Å². The summed E-state index contributed by atoms with van der Waals surface area (Å²) >= 11 is 6.03. The van der Waals surface area contributed by atoms with Gasteiger partial charge < -0.3 is 15.4 Å². The van der Waals surface area contributed by atoms with Gasteiger partial charge in [0.15, 0.2) is 6.61 Å². The fourth-order valence-corrected chi connectivity index (χ4v) is 3.51. The summed E-state index contributed by atoms with van der Waals surface area (Å²) in [6.07, 6.45) is 5.93. The van der Waals surface area contributed by atoms with Crippen LogP contribution in [0.1, 0.15) is 56.3 Å². The van der Waals surface area contributed by atoms with E-state index in [0.717, 1.165) is 12.8 Å². The molecule has 0 aromatic heterocycles. The van der Waals surface area contributed by atoms with Crippen LogP contribution in [0, 0.1) is 11.8 Å². The lowest BCUT2D eigenvalue weighted by molar-refractivity contribution is -0.151. The van der Waals surface area contributed by atoms with Crippen molar-refractivity contribution in [2.24, 2.45) is 11.8 Å². The molecule has 1 aromatic carbocycles. The normalized spacial score (nSPS) is 15.7. The minimum atomic E-state index is -0.866. The molecule has 28 heavy (non-hydrogen) atoms. The molecule has 7 heteroatoms. The molecule has 1 atom stereocenters. The molecule has 2 amide bonds. The number of hydrogen-bond donors (Lipinski definition) is 2. The van der Waals surface area contributed by atoms with E-state index >= 15 is 0 Å². The van der Waals surface area contributed by atoms with Crippen LogP contribution in [-0.2, 0) is 14.3 Å². The molecule has 0 heterocycles. The molecule has 1 fully saturated rings. The smallest absolute Gasteiger partial charge is 0.329 e. The topological polar surface area (TPSA) is 84.5 Å². The number of nitrogens with one attached hydrogen (secondary N) is 2. The molecule has 1 aromatic rings. The van der Waals surface area contributed by atoms with Crippen LogP contribution in [0.3, 0.4) is 0 Å². The molecule has 0 spiro atoms. The molecule has 1 saturated carbocycles. The molecule has 2 N–H and O–H groups in total. The van der Waals surface area contributed by atoms with Crippen LogP contribution in [0.5, 0.6) is 0 Å². The van der Waals surface area contributed by atoms with E-state index in [2.05, 4.69) is 10.6 Å². The third-order valence-electron chi connectivity index (χ3n) is 4.98. The van der Waals surface area contributed by atoms with Crippen molar-refractivity contribution in [2.75, 3.05) is 13.2 Å². The van der Waals surface area contributed by atoms with Crippen LogP contribution < -0.4 is 10.6 Å². The molecule has 0 bridgehead atoms. The van der Waals surface area contributed by atoms with Gasteiger partial charge in [0.1, 0.15) is 6.04 Å². The zero-order chi connectivity index (χ0) is 20.5. The Morgan fingerprint density at radius 1 is 1.14 bits per heavy atom. The summed E-state index contributed by atoms with van der Waals surface area (Å²) in [6.45, 7) is 3.86. The quantitative estimate of drug-likeness (QED) is 0.646. The Balaban J connectivity index is 1.82. The van der Waals surface area contributed by atoms with E-state index in [1.54, 1.807) is 38.1 Å². The Morgan fingerprint density at radius 2 is 1.82 bits per heavy atom. The number of hydrogen-bond acceptors (Lipinski definition) is 4. The highest BCUT2D eigenvalue weighted by Gasteiger charge is 2.27. The fourth-order valence-electron chi connectivity index (χ4n) is 3.29. The highest BCUT2D eigenvalue weighted by atomic mass is 35.5. The SMILES string of the molecule is CC(C)[C@H](NC(=O)c1ccccc1Cl)C(=O)OCC(=O)NCC1CCCCC1. The van der Waals surface area contributed by atoms with Crippen LogP contribution in [0.2, 0.25) is 5.02 Å². The molecule has 0 saturated heterocycles. The third-order valence-corrected chi connectivity index (χ3v) is 5.31. The van der Waals surface area contributed by atoms with Gasteiger partial charge in [-0.2, -0.15) is 0 Å². The molecule has 154 valence electrons. The Labute approximate surface area is 171 Å². The zero-order valence-corrected chi connectivity index (χ0v) is 17.3. The van der Waals surface area contributed by atoms with Crippen LogP contribution in [-0.4, -0.2) is 37.0 Å². The van der Waals surface area contributed by atoms with Crippen molar-refractivity contribution in [1.29, 1.82) is 0 Å². The minimum Gasteiger partial charge on any atom is -0.454 e. The first-order chi connectivity index (χ1) is 13.4. The van der Waals surface area contributed by atoms with Crippen molar-refractivity contribution in [3.8, 4) is 0 Å². The molecule has 0 radical (unpaired) electrons. The maximum atomic E-state index is 12.4. The predicted octanol–water partition coefficient (Wildman–Crippen LogP) is 3.33. The first kappa shape index (κ1) is 22.2. The van der Waals surface area contributed by atoms with Crippen LogP contribution in [0.25, 0.3) is 0 Å². The van der Waals surface area contributed by atoms with Gasteiger partial charge >= 0.3 is 5.97 Å². The second-order valence-corrected chi connectivity index (χ2v) is 8.00. The summed E-state index contributed by atoms with van der Waals surface area (Å²) < 4.78 is 5.14. The maximum Gasteiger partial charge on any atom is 0.329 e. The van der Waals surface area contributed by atoms with Crippen molar-refractivity contribution in [3.63, 3.8) is 0 Å². The summed E-state index contributed by atoms with van der Waals surface area (Å²) in [6, 6.07) is 5.74. The standard InChI is InChI=1S/C21H29ClN2O4/c1-14(2)19(24-20(26)16-10-6-7-11-17(16)22)21(27)28-13-18(25)23-12-15-8-4-3-5-9-15/h6-7,10-11,14-15,19H,3-5,8-9,12-13H2,1-2H3,(H,23,25)(H,24,26)/t19-/m0/s1. The molecule has 0 unspecified atom stereocenters. The van der Waals surface area contributed by atoms with Gasteiger partial charge in [-0.3, -0.25) is 9.59 Å². The number of esters is 1. The third kappa shape index (κ3) is 6.82. The van der Waals surface area contributed by atoms with Gasteiger partial charge in [0, 0.05) is 6.54 Å². The average molecular weight is 409 g/mol. The molecule has 1 aliphatic rings. The van der Waals surface area contributed by atoms with E-state index in [1.807, 2.05) is 0 Å². The average Bonchev–Trinajstić information content (AvgIpc) is 2.69. The second-order valence-electron chi connectivity index (χ2n) is 7.59. The van der Waals surface area contributed by atoms with Crippen molar-refractivity contribution in [2.45, 2.75) is 52.0 Å². The highest BCUT2D eigenvalue weighted by Crippen LogP contribution is 2.22. The molecule has 6 nitrogen and oxygen atoms in total. The lowest BCUT2D eigenvalue weighted by atomic mass is 9.89. The van der Waals surface area contributed by atoms with Gasteiger partial charge in [-0.25, -0.2) is 4.79 Å². The fraction of sp³-hybridized carbons (Fsp3) is 0.571. The van der Waals surface area contributed by atoms with E-state index in [0.29, 0.717) is 17.5 Å². The molecule has 1 aliphatic carbocycles. The van der Waals surface area contributed by atoms with Gasteiger partial charge in [-0.1, -0.05) is 56.8 Å². The van der Waals surface area contributed by atoms with Gasteiger partial charge in [-0.05, 0) is 36.8 Å². The van der Waals surface area contributed by atoms with Gasteiger partial charge in [0.25, 0.3) is 11.8 Å². The van der Waals surface area contributed by atoms with Gasteiger partial charge in [0.2, 0.25) is 0 Å². The summed E-state index contributed by atoms with van der Waals surface area (Å²) in [4.78, 5) is 36.8. The van der Waals surface area contributed by atoms with Crippen molar-refractivity contribution in [3.05, 3.63) is 34.9 Å². The lowest BCUT2D eigenvalue weighted by Gasteiger charge is -2.22. The Kier molecular flexibility index (Phi) is 8.77. The summed E-state index contributed by atoms with van der Waals surface area (Å²) in [5, 5.41) is 5.78. The van der Waals surface area contributed by atoms with E-state index in [9.17, 15) is 14.4 Å². The van der Waals surface area contributed by atoms with Crippen LogP contribution >= 0.6 is 11.6 Å². The molecule has 0 aliphatic heterocycles. The number of amides is 2. The summed E-state index contributed by atoms with van der Waals surface area (Å²) in [5.74, 6) is -1.11. The number of halogens is 1. The van der Waals surface area contributed by atoms with E-state index < -0.39 is 17.9 Å². The van der Waals surface area contributed by atoms with Gasteiger partial charge in [0.05, 0.1) is 10.6 Å². The molecular weight excluding hydrogens is 380 g/mol. The van der Waals surface area contributed by atoms with Crippen molar-refractivity contribution in [1.82, 2.24) is 10.6 Å². The number of benzene rings is 1. The molecule has 2 rings (SSSR count). The lowest BCUT2D eigenvalue weighted by Crippen LogP contribution is -2.46. The summed E-state index contributed by atoms with van der Waals surface area (Å²) in [7, 11) is 0. The van der Waals surface area contributed by atoms with Crippen LogP contribution in [0.4, 0.5) is 0 Å². The second kappa shape index (κ2) is 11.1. The number of carbonyl (C=O) groups is 3. The number of carbonyl (C=O) groups excluding carboxylic acids is 3. The molecular formula is C21H29ClN2O4. The monoisotopic (exact) mass is 408 g/mol. The predicted molar refractivity (Wildman–Crippen MR) is 108 cm³/mol. The summed E-state index contributed by atoms with van der Waals surface area (Å²) in [5.41, 5.74) is 0.285. The number of ether oxygens (including phenoxy) is 1. The van der Waals surface area contributed by atoms with E-state index in [4.69, 9.17) is 16.3 Å².